The van der Waals surface area contributed by atoms with E-state index in [1.807, 2.05) is 13.1 Å². The van der Waals surface area contributed by atoms with Gasteiger partial charge in [0.1, 0.15) is 0 Å². The van der Waals surface area contributed by atoms with Crippen LogP contribution < -0.4 is 10.1 Å². The quantitative estimate of drug-likeness (QED) is 0.695. The fraction of sp³-hybridized carbons (Fsp3) is 0.650. The largest absolute Gasteiger partial charge is 0.477 e. The van der Waals surface area contributed by atoms with E-state index in [-0.39, 0.29) is 7.85 Å². The summed E-state index contributed by atoms with van der Waals surface area (Å²) in [4.78, 5) is 13.5. The third-order valence-corrected chi connectivity index (χ3v) is 5.26. The van der Waals surface area contributed by atoms with Crippen LogP contribution >= 0.6 is 0 Å². The second-order valence-corrected chi connectivity index (χ2v) is 7.54. The maximum Gasteiger partial charge on any atom is 0.240 e. The smallest absolute Gasteiger partial charge is 0.240 e. The standard InChI is InChI=1S/C20H28F2N4O.H2/c1-4-27-19-16-11-24-20(25-13(3)9-17(21)22)26-18(16)15(10-23-19)14-7-5-12(2)6-8-14;/h10-14,17H,4-9H2,1-3H3,(H,24,25,26);1H/t12?,13-,14?;/m0./s1. The van der Waals surface area contributed by atoms with Gasteiger partial charge in [0.05, 0.1) is 17.5 Å². The second kappa shape index (κ2) is 8.76. The van der Waals surface area contributed by atoms with E-state index >= 15 is 0 Å². The molecule has 7 heteroatoms. The van der Waals surface area contributed by atoms with E-state index in [2.05, 4.69) is 27.2 Å². The number of pyridine rings is 1. The molecule has 0 bridgehead atoms. The number of nitrogens with one attached hydrogen (secondary N) is 1. The topological polar surface area (TPSA) is 59.9 Å². The number of fused-ring (bicyclic) bond motifs is 1. The molecule has 0 amide bonds. The van der Waals surface area contributed by atoms with Crippen molar-refractivity contribution >= 4 is 16.9 Å². The summed E-state index contributed by atoms with van der Waals surface area (Å²) in [6, 6.07) is -0.408. The van der Waals surface area contributed by atoms with Crippen molar-refractivity contribution in [3.8, 4) is 5.88 Å². The van der Waals surface area contributed by atoms with Gasteiger partial charge in [-0.05, 0) is 38.5 Å². The fourth-order valence-corrected chi connectivity index (χ4v) is 3.75. The molecule has 2 aromatic heterocycles. The van der Waals surface area contributed by atoms with Crippen LogP contribution in [0.1, 0.15) is 65.8 Å². The first-order chi connectivity index (χ1) is 13.0. The summed E-state index contributed by atoms with van der Waals surface area (Å²) in [6.45, 7) is 6.42. The number of hydrogen-bond donors (Lipinski definition) is 1. The van der Waals surface area contributed by atoms with Crippen LogP contribution in [0.2, 0.25) is 0 Å². The average molecular weight is 380 g/mol. The highest BCUT2D eigenvalue weighted by atomic mass is 19.3. The van der Waals surface area contributed by atoms with Crippen molar-refractivity contribution in [1.29, 1.82) is 0 Å². The van der Waals surface area contributed by atoms with Crippen molar-refractivity contribution in [1.82, 2.24) is 15.0 Å². The van der Waals surface area contributed by atoms with Gasteiger partial charge in [-0.25, -0.2) is 23.7 Å². The van der Waals surface area contributed by atoms with Gasteiger partial charge in [-0.1, -0.05) is 19.8 Å². The number of aromatic nitrogens is 3. The number of nitrogens with zero attached hydrogens (tertiary/aromatic N) is 3. The summed E-state index contributed by atoms with van der Waals surface area (Å²) in [7, 11) is 0. The molecule has 1 N–H and O–H groups in total. The van der Waals surface area contributed by atoms with Crippen LogP contribution in [0, 0.1) is 5.92 Å². The van der Waals surface area contributed by atoms with E-state index in [9.17, 15) is 8.78 Å². The average Bonchev–Trinajstić information content (AvgIpc) is 2.62. The maximum atomic E-state index is 12.6. The van der Waals surface area contributed by atoms with E-state index in [4.69, 9.17) is 4.74 Å². The Kier molecular flexibility index (Phi) is 6.39. The van der Waals surface area contributed by atoms with Gasteiger partial charge >= 0.3 is 0 Å². The molecule has 0 radical (unpaired) electrons. The Hall–Kier alpha value is -2.05. The Morgan fingerprint density at radius 3 is 2.63 bits per heavy atom. The Balaban J connectivity index is 0.00000280. The SMILES string of the molecule is CCOc1ncc(C2CCC(C)CC2)c2nc(N[C@@H](C)CC(F)F)ncc12.[HH]. The van der Waals surface area contributed by atoms with Crippen LogP contribution in [0.25, 0.3) is 10.9 Å². The van der Waals surface area contributed by atoms with Crippen molar-refractivity contribution in [2.75, 3.05) is 11.9 Å². The molecule has 0 aliphatic heterocycles. The zero-order chi connectivity index (χ0) is 19.4. The number of halogens is 2. The lowest BCUT2D eigenvalue weighted by Gasteiger charge is -2.27. The molecule has 0 spiro atoms. The van der Waals surface area contributed by atoms with Crippen LogP contribution in [0.4, 0.5) is 14.7 Å². The van der Waals surface area contributed by atoms with Gasteiger partial charge in [0, 0.05) is 31.8 Å². The zero-order valence-corrected chi connectivity index (χ0v) is 16.2. The number of alkyl halides is 2. The highest BCUT2D eigenvalue weighted by Gasteiger charge is 2.24. The normalized spacial score (nSPS) is 21.4. The molecule has 1 fully saturated rings. The lowest BCUT2D eigenvalue weighted by molar-refractivity contribution is 0.133. The van der Waals surface area contributed by atoms with Crippen LogP contribution in [0.3, 0.4) is 0 Å². The molecule has 5 nitrogen and oxygen atoms in total. The molecule has 2 heterocycles. The molecule has 27 heavy (non-hydrogen) atoms. The highest BCUT2D eigenvalue weighted by Crippen LogP contribution is 2.39. The van der Waals surface area contributed by atoms with Gasteiger partial charge in [-0.3, -0.25) is 0 Å². The molecule has 2 aromatic rings. The second-order valence-electron chi connectivity index (χ2n) is 7.54. The van der Waals surface area contributed by atoms with Crippen LogP contribution in [-0.2, 0) is 0 Å². The Morgan fingerprint density at radius 1 is 1.22 bits per heavy atom. The molecule has 150 valence electrons. The van der Waals surface area contributed by atoms with E-state index in [1.165, 1.54) is 12.8 Å². The zero-order valence-electron chi connectivity index (χ0n) is 16.2. The van der Waals surface area contributed by atoms with Crippen molar-refractivity contribution in [2.24, 2.45) is 5.92 Å². The Morgan fingerprint density at radius 2 is 1.96 bits per heavy atom. The number of hydrogen-bond acceptors (Lipinski definition) is 5. The molecule has 1 atom stereocenters. The predicted molar refractivity (Wildman–Crippen MR) is 105 cm³/mol. The Labute approximate surface area is 160 Å². The predicted octanol–water partition coefficient (Wildman–Crippen LogP) is 5.42. The first-order valence-electron chi connectivity index (χ1n) is 9.81. The Bertz CT molecular complexity index is 769. The van der Waals surface area contributed by atoms with E-state index in [0.717, 1.165) is 35.2 Å². The van der Waals surface area contributed by atoms with Gasteiger partial charge in [-0.2, -0.15) is 0 Å². The first-order valence-corrected chi connectivity index (χ1v) is 9.81. The number of rotatable bonds is 7. The minimum Gasteiger partial charge on any atom is -0.477 e. The van der Waals surface area contributed by atoms with Crippen molar-refractivity contribution in [2.45, 2.75) is 71.3 Å². The van der Waals surface area contributed by atoms with E-state index in [1.54, 1.807) is 13.1 Å². The molecule has 0 unspecified atom stereocenters. The van der Waals surface area contributed by atoms with E-state index < -0.39 is 12.5 Å². The van der Waals surface area contributed by atoms with Gasteiger partial charge in [0.15, 0.2) is 0 Å². The van der Waals surface area contributed by atoms with E-state index in [0.29, 0.717) is 24.4 Å². The molecule has 0 saturated heterocycles. The molecule has 1 aliphatic rings. The first kappa shape index (κ1) is 19.7. The third kappa shape index (κ3) is 4.82. The molecule has 3 rings (SSSR count). The molecule has 1 saturated carbocycles. The van der Waals surface area contributed by atoms with Crippen molar-refractivity contribution in [3.63, 3.8) is 0 Å². The lowest BCUT2D eigenvalue weighted by Crippen LogP contribution is -2.20. The van der Waals surface area contributed by atoms with Crippen LogP contribution in [0.5, 0.6) is 5.88 Å². The third-order valence-electron chi connectivity index (χ3n) is 5.26. The van der Waals surface area contributed by atoms with Crippen molar-refractivity contribution < 1.29 is 14.9 Å². The number of ether oxygens (including phenoxy) is 1. The highest BCUT2D eigenvalue weighted by molar-refractivity contribution is 5.86. The van der Waals surface area contributed by atoms with Crippen LogP contribution in [0.15, 0.2) is 12.4 Å². The number of anilines is 1. The minimum absolute atomic E-state index is 0. The molecular weight excluding hydrogens is 350 g/mol. The summed E-state index contributed by atoms with van der Waals surface area (Å²) < 4.78 is 30.9. The van der Waals surface area contributed by atoms with Gasteiger partial charge in [0.25, 0.3) is 0 Å². The maximum absolute atomic E-state index is 12.6. The summed E-state index contributed by atoms with van der Waals surface area (Å²) in [5.74, 6) is 2.06. The van der Waals surface area contributed by atoms with Gasteiger partial charge in [0.2, 0.25) is 18.3 Å². The van der Waals surface area contributed by atoms with Gasteiger partial charge in [-0.15, -0.1) is 0 Å². The lowest BCUT2D eigenvalue weighted by atomic mass is 9.79. The summed E-state index contributed by atoms with van der Waals surface area (Å²) in [5.41, 5.74) is 1.92. The fourth-order valence-electron chi connectivity index (χ4n) is 3.75. The molecule has 1 aliphatic carbocycles. The van der Waals surface area contributed by atoms with Crippen molar-refractivity contribution in [3.05, 3.63) is 18.0 Å². The summed E-state index contributed by atoms with van der Waals surface area (Å²) >= 11 is 0. The summed E-state index contributed by atoms with van der Waals surface area (Å²) in [5, 5.41) is 3.77. The molecular formula is C20H30F2N4O. The minimum atomic E-state index is -2.36. The summed E-state index contributed by atoms with van der Waals surface area (Å²) in [6.07, 6.45) is 5.57. The molecule has 0 aromatic carbocycles. The van der Waals surface area contributed by atoms with Crippen LogP contribution in [-0.4, -0.2) is 34.0 Å². The van der Waals surface area contributed by atoms with Gasteiger partial charge < -0.3 is 10.1 Å². The monoisotopic (exact) mass is 380 g/mol.